The van der Waals surface area contributed by atoms with E-state index >= 15 is 0 Å². The Morgan fingerprint density at radius 3 is 2.05 bits per heavy atom. The van der Waals surface area contributed by atoms with E-state index in [4.69, 9.17) is 13.6 Å². The lowest BCUT2D eigenvalue weighted by Crippen LogP contribution is -2.41. The van der Waals surface area contributed by atoms with E-state index in [9.17, 15) is 4.79 Å². The van der Waals surface area contributed by atoms with Crippen molar-refractivity contribution in [3.8, 4) is 5.75 Å². The Morgan fingerprint density at radius 2 is 1.48 bits per heavy atom. The van der Waals surface area contributed by atoms with E-state index in [1.807, 2.05) is 31.7 Å². The fourth-order valence-corrected chi connectivity index (χ4v) is 6.55. The molecule has 0 radical (unpaired) electrons. The molecule has 0 N–H and O–H groups in total. The van der Waals surface area contributed by atoms with E-state index in [0.29, 0.717) is 17.2 Å². The van der Waals surface area contributed by atoms with E-state index in [-0.39, 0.29) is 24.0 Å². The van der Waals surface area contributed by atoms with Crippen LogP contribution in [-0.4, -0.2) is 37.7 Å². The summed E-state index contributed by atoms with van der Waals surface area (Å²) in [5.41, 5.74) is 3.50. The largest absolute Gasteiger partial charge is 0.492 e. The molecule has 222 valence electrons. The van der Waals surface area contributed by atoms with E-state index in [1.165, 1.54) is 27.2 Å². The maximum atomic E-state index is 11.2. The molecule has 0 spiro atoms. The first kappa shape index (κ1) is 31.5. The van der Waals surface area contributed by atoms with Crippen molar-refractivity contribution in [2.24, 2.45) is 0 Å². The predicted octanol–water partition coefficient (Wildman–Crippen LogP) is 9.11. The minimum Gasteiger partial charge on any atom is -0.492 e. The van der Waals surface area contributed by atoms with Crippen LogP contribution < -0.4 is 15.3 Å². The molecule has 1 unspecified atom stereocenters. The van der Waals surface area contributed by atoms with Crippen LogP contribution in [0, 0.1) is 0 Å². The molecule has 8 heteroatoms. The average Bonchev–Trinajstić information content (AvgIpc) is 3.34. The zero-order chi connectivity index (χ0) is 29.1. The standard InChI is InChI=1S/C19H24N2S.C15H14O4.ClH/c1-4-20(5-2)15(3)14-21-16-10-6-8-12-18(16)22-19-13-9-7-11-17(19)21;1-8(2)14-15(17-3)10-6-9-4-5-13(16)18-11(9)7-12(10)19-14;/h6-13,15H,4-5,14H2,1-3H3;4-8H,1-3H3;1H. The van der Waals surface area contributed by atoms with Crippen molar-refractivity contribution < 1.29 is 13.6 Å². The van der Waals surface area contributed by atoms with Gasteiger partial charge in [0, 0.05) is 45.8 Å². The molecule has 0 saturated carbocycles. The molecule has 3 heterocycles. The molecule has 0 bridgehead atoms. The van der Waals surface area contributed by atoms with Crippen molar-refractivity contribution in [1.29, 1.82) is 0 Å². The number of hydrogen-bond acceptors (Lipinski definition) is 7. The van der Waals surface area contributed by atoms with Gasteiger partial charge in [-0.2, -0.15) is 0 Å². The summed E-state index contributed by atoms with van der Waals surface area (Å²) in [6.45, 7) is 14.1. The molecule has 1 aliphatic rings. The number of furan rings is 1. The van der Waals surface area contributed by atoms with Crippen LogP contribution in [0.5, 0.6) is 5.75 Å². The van der Waals surface area contributed by atoms with Crippen LogP contribution in [-0.2, 0) is 0 Å². The number of hydrogen-bond donors (Lipinski definition) is 0. The molecule has 6 rings (SSSR count). The first-order valence-electron chi connectivity index (χ1n) is 14.3. The van der Waals surface area contributed by atoms with Crippen molar-refractivity contribution >= 4 is 57.5 Å². The van der Waals surface area contributed by atoms with Crippen LogP contribution >= 0.6 is 24.2 Å². The molecule has 0 fully saturated rings. The van der Waals surface area contributed by atoms with Crippen LogP contribution in [0.4, 0.5) is 11.4 Å². The van der Waals surface area contributed by atoms with Gasteiger partial charge in [-0.25, -0.2) is 4.79 Å². The molecular weight excluding hydrogens is 568 g/mol. The number of likely N-dealkylation sites (N-methyl/N-ethyl adjacent to an activating group) is 1. The maximum absolute atomic E-state index is 11.2. The number of fused-ring (bicyclic) bond motifs is 4. The van der Waals surface area contributed by atoms with E-state index in [1.54, 1.807) is 19.2 Å². The van der Waals surface area contributed by atoms with Crippen molar-refractivity contribution in [1.82, 2.24) is 4.90 Å². The molecule has 2 aromatic heterocycles. The van der Waals surface area contributed by atoms with Gasteiger partial charge in [-0.15, -0.1) is 12.4 Å². The van der Waals surface area contributed by atoms with Gasteiger partial charge in [-0.05, 0) is 56.4 Å². The minimum atomic E-state index is -0.366. The number of ether oxygens (including phenoxy) is 1. The Balaban J connectivity index is 0.000000190. The van der Waals surface area contributed by atoms with Crippen LogP contribution in [0.1, 0.15) is 46.3 Å². The number of anilines is 2. The molecule has 6 nitrogen and oxygen atoms in total. The molecular formula is C34H39ClN2O4S. The van der Waals surface area contributed by atoms with Crippen molar-refractivity contribution in [2.75, 3.05) is 31.6 Å². The zero-order valence-electron chi connectivity index (χ0n) is 25.0. The van der Waals surface area contributed by atoms with E-state index in [0.717, 1.165) is 41.9 Å². The van der Waals surface area contributed by atoms with Gasteiger partial charge in [-0.1, -0.05) is 63.7 Å². The lowest BCUT2D eigenvalue weighted by molar-refractivity contribution is 0.236. The number of halogens is 1. The molecule has 1 aliphatic heterocycles. The molecule has 5 aromatic rings. The highest BCUT2D eigenvalue weighted by molar-refractivity contribution is 7.99. The lowest BCUT2D eigenvalue weighted by Gasteiger charge is -2.37. The average molecular weight is 607 g/mol. The highest BCUT2D eigenvalue weighted by Gasteiger charge is 2.25. The Labute approximate surface area is 258 Å². The number of rotatable bonds is 7. The van der Waals surface area contributed by atoms with Crippen LogP contribution in [0.3, 0.4) is 0 Å². The minimum absolute atomic E-state index is 0. The summed E-state index contributed by atoms with van der Waals surface area (Å²) in [7, 11) is 1.63. The zero-order valence-corrected chi connectivity index (χ0v) is 26.7. The molecule has 42 heavy (non-hydrogen) atoms. The van der Waals surface area contributed by atoms with Crippen molar-refractivity contribution in [2.45, 2.75) is 56.4 Å². The summed E-state index contributed by atoms with van der Waals surface area (Å²) in [6.07, 6.45) is 0. The third kappa shape index (κ3) is 6.33. The third-order valence-corrected chi connectivity index (χ3v) is 8.68. The van der Waals surface area contributed by atoms with Gasteiger partial charge in [0.25, 0.3) is 0 Å². The summed E-state index contributed by atoms with van der Waals surface area (Å²) >= 11 is 1.88. The SMILES string of the molecule is CCN(CC)C(C)CN1c2ccccc2Sc2ccccc21.COc1c(C(C)C)oc2cc3oc(=O)ccc3cc12.Cl. The predicted molar refractivity (Wildman–Crippen MR) is 177 cm³/mol. The van der Waals surface area contributed by atoms with Gasteiger partial charge < -0.3 is 18.5 Å². The second kappa shape index (κ2) is 13.7. The summed E-state index contributed by atoms with van der Waals surface area (Å²) in [4.78, 5) is 19.0. The lowest BCUT2D eigenvalue weighted by atomic mass is 10.1. The number of methoxy groups -OCH3 is 1. The van der Waals surface area contributed by atoms with Crippen LogP contribution in [0.2, 0.25) is 0 Å². The first-order valence-corrected chi connectivity index (χ1v) is 15.1. The Bertz CT molecular complexity index is 1660. The summed E-state index contributed by atoms with van der Waals surface area (Å²) in [5, 5.41) is 1.74. The van der Waals surface area contributed by atoms with Crippen molar-refractivity contribution in [3.63, 3.8) is 0 Å². The Kier molecular flexibility index (Phi) is 10.3. The fourth-order valence-electron chi connectivity index (χ4n) is 5.45. The highest BCUT2D eigenvalue weighted by Crippen LogP contribution is 2.48. The normalized spacial score (nSPS) is 12.9. The number of nitrogens with zero attached hydrogens (tertiary/aromatic N) is 2. The van der Waals surface area contributed by atoms with E-state index < -0.39 is 0 Å². The first-order chi connectivity index (χ1) is 19.8. The van der Waals surface area contributed by atoms with Gasteiger partial charge in [0.05, 0.1) is 23.9 Å². The maximum Gasteiger partial charge on any atom is 0.336 e. The molecule has 1 atom stereocenters. The van der Waals surface area contributed by atoms with Crippen LogP contribution in [0.25, 0.3) is 21.9 Å². The topological polar surface area (TPSA) is 59.1 Å². The fraction of sp³-hybridized carbons (Fsp3) is 0.324. The summed E-state index contributed by atoms with van der Waals surface area (Å²) in [6, 6.07) is 24.8. The van der Waals surface area contributed by atoms with E-state index in [2.05, 4.69) is 79.1 Å². The number of para-hydroxylation sites is 2. The quantitative estimate of drug-likeness (QED) is 0.171. The molecule has 0 amide bonds. The Morgan fingerprint density at radius 1 is 0.857 bits per heavy atom. The summed E-state index contributed by atoms with van der Waals surface area (Å²) in [5.74, 6) is 1.77. The molecule has 3 aromatic carbocycles. The highest BCUT2D eigenvalue weighted by atomic mass is 35.5. The second-order valence-corrected chi connectivity index (χ2v) is 11.6. The van der Waals surface area contributed by atoms with Gasteiger partial charge in [0.15, 0.2) is 5.75 Å². The second-order valence-electron chi connectivity index (χ2n) is 10.5. The summed E-state index contributed by atoms with van der Waals surface area (Å²) < 4.78 is 16.4. The molecule has 0 saturated heterocycles. The van der Waals surface area contributed by atoms with Gasteiger partial charge in [0.1, 0.15) is 16.9 Å². The van der Waals surface area contributed by atoms with Gasteiger partial charge in [-0.3, -0.25) is 4.90 Å². The van der Waals surface area contributed by atoms with Gasteiger partial charge >= 0.3 is 5.63 Å². The number of benzene rings is 3. The third-order valence-electron chi connectivity index (χ3n) is 7.55. The smallest absolute Gasteiger partial charge is 0.336 e. The molecule has 0 aliphatic carbocycles. The van der Waals surface area contributed by atoms with Crippen molar-refractivity contribution in [3.05, 3.63) is 89.0 Å². The van der Waals surface area contributed by atoms with Crippen LogP contribution in [0.15, 0.2) is 96.2 Å². The Hall–Kier alpha value is -3.39. The monoisotopic (exact) mass is 606 g/mol. The van der Waals surface area contributed by atoms with Gasteiger partial charge in [0.2, 0.25) is 0 Å².